The van der Waals surface area contributed by atoms with Crippen molar-refractivity contribution in [1.29, 1.82) is 0 Å². The van der Waals surface area contributed by atoms with Gasteiger partial charge in [-0.15, -0.1) is 11.8 Å². The Morgan fingerprint density at radius 2 is 1.94 bits per heavy atom. The molecule has 1 atom stereocenters. The Kier molecular flexibility index (Phi) is 4.24. The van der Waals surface area contributed by atoms with E-state index in [1.54, 1.807) is 0 Å². The molecule has 0 spiro atoms. The second-order valence-electron chi connectivity index (χ2n) is 5.36. The highest BCUT2D eigenvalue weighted by Gasteiger charge is 2.33. The highest BCUT2D eigenvalue weighted by molar-refractivity contribution is 7.99. The third-order valence-electron chi connectivity index (χ3n) is 4.18. The van der Waals surface area contributed by atoms with Crippen LogP contribution in [0.2, 0.25) is 0 Å². The zero-order chi connectivity index (χ0) is 12.2. The van der Waals surface area contributed by atoms with Crippen LogP contribution in [0.25, 0.3) is 0 Å². The third-order valence-corrected chi connectivity index (χ3v) is 5.19. The van der Waals surface area contributed by atoms with Crippen molar-refractivity contribution >= 4 is 11.8 Å². The fraction of sp³-hybridized carbons (Fsp3) is 0.600. The topological polar surface area (TPSA) is 15.3 Å². The van der Waals surface area contributed by atoms with E-state index < -0.39 is 0 Å². The van der Waals surface area contributed by atoms with E-state index in [0.717, 1.165) is 18.5 Å². The molecule has 98 valence electrons. The lowest BCUT2D eigenvalue weighted by atomic mass is 9.84. The van der Waals surface area contributed by atoms with Crippen LogP contribution in [-0.4, -0.2) is 42.9 Å². The number of benzene rings is 1. The summed E-state index contributed by atoms with van der Waals surface area (Å²) in [5.74, 6) is 2.12. The fourth-order valence-electron chi connectivity index (χ4n) is 3.13. The van der Waals surface area contributed by atoms with Crippen LogP contribution in [0.15, 0.2) is 35.2 Å². The summed E-state index contributed by atoms with van der Waals surface area (Å²) in [4.78, 5) is 4.00. The van der Waals surface area contributed by atoms with E-state index in [1.165, 1.54) is 43.1 Å². The lowest BCUT2D eigenvalue weighted by Gasteiger charge is -2.45. The molecule has 0 saturated carbocycles. The van der Waals surface area contributed by atoms with E-state index >= 15 is 0 Å². The van der Waals surface area contributed by atoms with Crippen LogP contribution in [0.1, 0.15) is 12.8 Å². The number of nitrogens with one attached hydrogen (secondary N) is 1. The third kappa shape index (κ3) is 3.08. The molecule has 2 bridgehead atoms. The second kappa shape index (κ2) is 6.09. The zero-order valence-electron chi connectivity index (χ0n) is 10.8. The molecule has 1 aromatic rings. The van der Waals surface area contributed by atoms with Crippen molar-refractivity contribution in [3.63, 3.8) is 0 Å². The SMILES string of the molecule is c1ccc(SCCNC2CN3CCC2CC3)cc1. The van der Waals surface area contributed by atoms with Gasteiger partial charge in [-0.2, -0.15) is 0 Å². The van der Waals surface area contributed by atoms with Gasteiger partial charge in [0.05, 0.1) is 0 Å². The molecular formula is C15H22N2S. The molecule has 3 heterocycles. The van der Waals surface area contributed by atoms with Crippen LogP contribution in [0.5, 0.6) is 0 Å². The standard InChI is InChI=1S/C15H22N2S/c1-2-4-14(5-3-1)18-11-8-16-15-12-17-9-6-13(15)7-10-17/h1-5,13,15-16H,6-12H2. The van der Waals surface area contributed by atoms with Gasteiger partial charge in [-0.25, -0.2) is 0 Å². The molecule has 0 aromatic heterocycles. The van der Waals surface area contributed by atoms with Crippen molar-refractivity contribution in [3.05, 3.63) is 30.3 Å². The van der Waals surface area contributed by atoms with Crippen LogP contribution in [0, 0.1) is 5.92 Å². The predicted molar refractivity (Wildman–Crippen MR) is 78.1 cm³/mol. The minimum absolute atomic E-state index is 0.754. The van der Waals surface area contributed by atoms with E-state index in [0.29, 0.717) is 0 Å². The molecule has 4 rings (SSSR count). The first-order chi connectivity index (χ1) is 8.92. The first-order valence-electron chi connectivity index (χ1n) is 7.05. The first kappa shape index (κ1) is 12.5. The summed E-state index contributed by atoms with van der Waals surface area (Å²) < 4.78 is 0. The zero-order valence-corrected chi connectivity index (χ0v) is 11.7. The van der Waals surface area contributed by atoms with Gasteiger partial charge in [-0.05, 0) is 44.0 Å². The summed E-state index contributed by atoms with van der Waals surface area (Å²) in [7, 11) is 0. The minimum Gasteiger partial charge on any atom is -0.312 e. The van der Waals surface area contributed by atoms with E-state index in [-0.39, 0.29) is 0 Å². The molecule has 1 aromatic carbocycles. The van der Waals surface area contributed by atoms with Crippen LogP contribution in [0.4, 0.5) is 0 Å². The molecule has 2 nitrogen and oxygen atoms in total. The van der Waals surface area contributed by atoms with Crippen molar-refractivity contribution < 1.29 is 0 Å². The molecule has 3 fully saturated rings. The second-order valence-corrected chi connectivity index (χ2v) is 6.53. The fourth-order valence-corrected chi connectivity index (χ4v) is 3.93. The highest BCUT2D eigenvalue weighted by Crippen LogP contribution is 2.27. The number of nitrogens with zero attached hydrogens (tertiary/aromatic N) is 1. The first-order valence-corrected chi connectivity index (χ1v) is 8.04. The molecule has 3 aliphatic rings. The average molecular weight is 262 g/mol. The quantitative estimate of drug-likeness (QED) is 0.648. The van der Waals surface area contributed by atoms with Gasteiger partial charge in [0, 0.05) is 29.8 Å². The van der Waals surface area contributed by atoms with Gasteiger partial charge in [0.25, 0.3) is 0 Å². The molecule has 1 N–H and O–H groups in total. The maximum absolute atomic E-state index is 3.76. The van der Waals surface area contributed by atoms with Crippen molar-refractivity contribution in [2.75, 3.05) is 31.9 Å². The van der Waals surface area contributed by atoms with E-state index in [1.807, 2.05) is 11.8 Å². The molecule has 18 heavy (non-hydrogen) atoms. The van der Waals surface area contributed by atoms with Gasteiger partial charge in [0.1, 0.15) is 0 Å². The van der Waals surface area contributed by atoms with E-state index in [4.69, 9.17) is 0 Å². The molecule has 1 unspecified atom stereocenters. The molecule has 3 saturated heterocycles. The maximum Gasteiger partial charge on any atom is 0.0224 e. The number of piperidine rings is 3. The van der Waals surface area contributed by atoms with Gasteiger partial charge < -0.3 is 10.2 Å². The van der Waals surface area contributed by atoms with Crippen LogP contribution >= 0.6 is 11.8 Å². The summed E-state index contributed by atoms with van der Waals surface area (Å²) in [6, 6.07) is 11.4. The van der Waals surface area contributed by atoms with Crippen molar-refractivity contribution in [2.45, 2.75) is 23.8 Å². The molecule has 0 amide bonds. The van der Waals surface area contributed by atoms with Crippen LogP contribution < -0.4 is 5.32 Å². The molecule has 3 aliphatic heterocycles. The largest absolute Gasteiger partial charge is 0.312 e. The summed E-state index contributed by atoms with van der Waals surface area (Å²) in [6.45, 7) is 5.08. The number of hydrogen-bond donors (Lipinski definition) is 1. The predicted octanol–water partition coefficient (Wildman–Crippen LogP) is 2.46. The Hall–Kier alpha value is -0.510. The summed E-state index contributed by atoms with van der Waals surface area (Å²) in [5.41, 5.74) is 0. The summed E-state index contributed by atoms with van der Waals surface area (Å²) in [5, 5.41) is 3.76. The Morgan fingerprint density at radius 1 is 1.17 bits per heavy atom. The van der Waals surface area contributed by atoms with Crippen LogP contribution in [0.3, 0.4) is 0 Å². The normalized spacial score (nSPS) is 30.6. The van der Waals surface area contributed by atoms with Gasteiger partial charge in [-0.3, -0.25) is 0 Å². The van der Waals surface area contributed by atoms with Gasteiger partial charge >= 0.3 is 0 Å². The summed E-state index contributed by atoms with van der Waals surface area (Å²) >= 11 is 1.95. The molecule has 0 radical (unpaired) electrons. The maximum atomic E-state index is 3.76. The number of rotatable bonds is 5. The van der Waals surface area contributed by atoms with Gasteiger partial charge in [-0.1, -0.05) is 18.2 Å². The number of fused-ring (bicyclic) bond motifs is 3. The number of thioether (sulfide) groups is 1. The van der Waals surface area contributed by atoms with Crippen molar-refractivity contribution in [1.82, 2.24) is 10.2 Å². The Labute approximate surface area is 114 Å². The Balaban J connectivity index is 1.38. The number of hydrogen-bond acceptors (Lipinski definition) is 3. The smallest absolute Gasteiger partial charge is 0.0224 e. The molecule has 3 heteroatoms. The van der Waals surface area contributed by atoms with E-state index in [2.05, 4.69) is 40.5 Å². The summed E-state index contributed by atoms with van der Waals surface area (Å²) in [6.07, 6.45) is 2.81. The molecular weight excluding hydrogens is 240 g/mol. The average Bonchev–Trinajstić information content (AvgIpc) is 2.46. The van der Waals surface area contributed by atoms with Gasteiger partial charge in [0.15, 0.2) is 0 Å². The lowest BCUT2D eigenvalue weighted by molar-refractivity contribution is 0.0738. The van der Waals surface area contributed by atoms with Crippen molar-refractivity contribution in [3.8, 4) is 0 Å². The lowest BCUT2D eigenvalue weighted by Crippen LogP contribution is -2.56. The van der Waals surface area contributed by atoms with Crippen LogP contribution in [-0.2, 0) is 0 Å². The van der Waals surface area contributed by atoms with Crippen molar-refractivity contribution in [2.24, 2.45) is 5.92 Å². The molecule has 0 aliphatic carbocycles. The minimum atomic E-state index is 0.754. The van der Waals surface area contributed by atoms with Gasteiger partial charge in [0.2, 0.25) is 0 Å². The Bertz CT molecular complexity index is 360. The Morgan fingerprint density at radius 3 is 2.61 bits per heavy atom. The monoisotopic (exact) mass is 262 g/mol. The highest BCUT2D eigenvalue weighted by atomic mass is 32.2. The van der Waals surface area contributed by atoms with E-state index in [9.17, 15) is 0 Å².